The van der Waals surface area contributed by atoms with Crippen molar-refractivity contribution in [2.75, 3.05) is 11.4 Å². The highest BCUT2D eigenvalue weighted by Gasteiger charge is 2.54. The fourth-order valence-electron chi connectivity index (χ4n) is 5.04. The number of hydrogen-bond acceptors (Lipinski definition) is 5. The number of anilines is 1. The fourth-order valence-corrected chi connectivity index (χ4v) is 5.04. The van der Waals surface area contributed by atoms with Gasteiger partial charge in [-0.2, -0.15) is 13.2 Å². The van der Waals surface area contributed by atoms with Gasteiger partial charge in [0.1, 0.15) is 11.7 Å². The fraction of sp³-hybridized carbons (Fsp3) is 0.417. The number of fused-ring (bicyclic) bond motifs is 1. The van der Waals surface area contributed by atoms with Crippen LogP contribution in [0.15, 0.2) is 42.6 Å². The number of hydrogen-bond donors (Lipinski definition) is 3. The first-order chi connectivity index (χ1) is 17.0. The van der Waals surface area contributed by atoms with Crippen LogP contribution in [0, 0.1) is 5.41 Å². The second-order valence-corrected chi connectivity index (χ2v) is 9.26. The molecule has 12 heteroatoms. The number of carbonyl (C=O) groups excluding carboxylic acids is 2. The summed E-state index contributed by atoms with van der Waals surface area (Å²) in [6.45, 7) is 0.741. The van der Waals surface area contributed by atoms with E-state index in [2.05, 4.69) is 16.4 Å². The number of nitrogens with two attached hydrogens (primary N) is 1. The Balaban J connectivity index is 0.000000384. The number of nitrogens with zero attached hydrogens (tertiary/aromatic N) is 2. The Morgan fingerprint density at radius 3 is 2.42 bits per heavy atom. The smallest absolute Gasteiger partial charge is 0.475 e. The number of pyridine rings is 1. The van der Waals surface area contributed by atoms with Crippen LogP contribution in [-0.2, 0) is 11.2 Å². The lowest BCUT2D eigenvalue weighted by molar-refractivity contribution is -0.192. The molecular weight excluding hydrogens is 481 g/mol. The lowest BCUT2D eigenvalue weighted by atomic mass is 9.53. The first kappa shape index (κ1) is 25.3. The van der Waals surface area contributed by atoms with Crippen LogP contribution in [0.4, 0.5) is 23.7 Å². The molecule has 2 fully saturated rings. The largest absolute Gasteiger partial charge is 0.490 e. The molecule has 0 bridgehead atoms. The molecule has 5 rings (SSSR count). The van der Waals surface area contributed by atoms with Crippen LogP contribution in [0.25, 0.3) is 0 Å². The van der Waals surface area contributed by atoms with Crippen molar-refractivity contribution < 1.29 is 37.4 Å². The van der Waals surface area contributed by atoms with Gasteiger partial charge in [0.2, 0.25) is 5.88 Å². The highest BCUT2D eigenvalue weighted by molar-refractivity contribution is 5.95. The molecule has 2 aromatic rings. The van der Waals surface area contributed by atoms with Crippen LogP contribution in [0.3, 0.4) is 0 Å². The molecule has 3 amide bonds. The van der Waals surface area contributed by atoms with Crippen LogP contribution in [0.2, 0.25) is 0 Å². The Kier molecular flexibility index (Phi) is 6.79. The summed E-state index contributed by atoms with van der Waals surface area (Å²) in [6.07, 6.45) is 1.25. The van der Waals surface area contributed by atoms with Crippen molar-refractivity contribution in [3.05, 3.63) is 53.7 Å². The molecule has 3 aliphatic rings. The number of amides is 3. The van der Waals surface area contributed by atoms with Gasteiger partial charge in [0, 0.05) is 24.5 Å². The van der Waals surface area contributed by atoms with Gasteiger partial charge < -0.3 is 20.9 Å². The molecule has 1 aliphatic heterocycles. The summed E-state index contributed by atoms with van der Waals surface area (Å²) in [7, 11) is 0. The monoisotopic (exact) mass is 506 g/mol. The van der Waals surface area contributed by atoms with Crippen LogP contribution >= 0.6 is 0 Å². The summed E-state index contributed by atoms with van der Waals surface area (Å²) in [5.41, 5.74) is 8.20. The zero-order chi connectivity index (χ0) is 26.1. The molecule has 2 heterocycles. The third-order valence-electron chi connectivity index (χ3n) is 6.70. The van der Waals surface area contributed by atoms with Crippen molar-refractivity contribution >= 4 is 23.6 Å². The minimum atomic E-state index is -5.08. The number of ether oxygens (including phenoxy) is 1. The maximum Gasteiger partial charge on any atom is 0.490 e. The molecule has 0 saturated heterocycles. The van der Waals surface area contributed by atoms with Gasteiger partial charge in [0.05, 0.1) is 0 Å². The normalized spacial score (nSPS) is 23.9. The third kappa shape index (κ3) is 5.37. The number of para-hydroxylation sites is 1. The van der Waals surface area contributed by atoms with Crippen molar-refractivity contribution in [2.24, 2.45) is 11.1 Å². The molecule has 9 nitrogen and oxygen atoms in total. The van der Waals surface area contributed by atoms with Crippen LogP contribution < -0.4 is 20.7 Å². The van der Waals surface area contributed by atoms with Gasteiger partial charge in [-0.1, -0.05) is 18.2 Å². The molecule has 0 radical (unpaired) electrons. The number of alkyl halides is 3. The average Bonchev–Trinajstić information content (AvgIpc) is 3.20. The van der Waals surface area contributed by atoms with E-state index >= 15 is 0 Å². The van der Waals surface area contributed by atoms with Crippen LogP contribution in [0.1, 0.15) is 41.6 Å². The maximum absolute atomic E-state index is 12.7. The van der Waals surface area contributed by atoms with E-state index in [1.165, 1.54) is 5.56 Å². The molecule has 0 unspecified atom stereocenters. The summed E-state index contributed by atoms with van der Waals surface area (Å²) >= 11 is 0. The van der Waals surface area contributed by atoms with E-state index in [0.29, 0.717) is 11.4 Å². The van der Waals surface area contributed by atoms with Gasteiger partial charge >= 0.3 is 18.2 Å². The number of carbonyl (C=O) groups is 3. The van der Waals surface area contributed by atoms with Crippen molar-refractivity contribution in [1.29, 1.82) is 0 Å². The molecule has 192 valence electrons. The number of rotatable bonds is 4. The van der Waals surface area contributed by atoms with E-state index in [0.717, 1.165) is 44.3 Å². The molecule has 36 heavy (non-hydrogen) atoms. The van der Waals surface area contributed by atoms with Crippen molar-refractivity contribution in [3.63, 3.8) is 0 Å². The summed E-state index contributed by atoms with van der Waals surface area (Å²) in [4.78, 5) is 39.1. The Morgan fingerprint density at radius 2 is 1.78 bits per heavy atom. The van der Waals surface area contributed by atoms with Crippen LogP contribution in [-0.4, -0.2) is 52.9 Å². The minimum absolute atomic E-state index is 0.00140. The number of carboxylic acids is 1. The minimum Gasteiger partial charge on any atom is -0.475 e. The lowest BCUT2D eigenvalue weighted by Gasteiger charge is -2.57. The van der Waals surface area contributed by atoms with E-state index in [4.69, 9.17) is 20.4 Å². The molecule has 4 N–H and O–H groups in total. The zero-order valence-electron chi connectivity index (χ0n) is 19.1. The first-order valence-electron chi connectivity index (χ1n) is 11.3. The predicted octanol–water partition coefficient (Wildman–Crippen LogP) is 3.28. The van der Waals surface area contributed by atoms with E-state index in [1.54, 1.807) is 18.3 Å². The van der Waals surface area contributed by atoms with Gasteiger partial charge in [0.25, 0.3) is 5.91 Å². The molecule has 1 aromatic heterocycles. The SMILES string of the molecule is NC(=O)c1cccnc1OC1CC2(CC(NC(=O)N3CCc4ccccc43)C2)C1.O=C(O)C(F)(F)F. The van der Waals surface area contributed by atoms with Crippen LogP contribution in [0.5, 0.6) is 5.88 Å². The highest BCUT2D eigenvalue weighted by Crippen LogP contribution is 2.56. The number of benzene rings is 1. The number of aromatic nitrogens is 1. The van der Waals surface area contributed by atoms with Gasteiger partial charge in [0.15, 0.2) is 0 Å². The topological polar surface area (TPSA) is 135 Å². The van der Waals surface area contributed by atoms with Gasteiger partial charge in [-0.05, 0) is 61.3 Å². The third-order valence-corrected chi connectivity index (χ3v) is 6.70. The Bertz CT molecular complexity index is 1160. The standard InChI is InChI=1S/C22H24N4O3.C2HF3O2/c23-19(27)17-5-3-8-24-20(17)29-16-12-22(13-16)10-15(11-22)25-21(28)26-9-7-14-4-1-2-6-18(14)26;3-2(4,5)1(6)7/h1-6,8,15-16H,7,9-13H2,(H2,23,27)(H,25,28);(H,6,7). The number of primary amides is 1. The Morgan fingerprint density at radius 1 is 1.11 bits per heavy atom. The van der Waals surface area contributed by atoms with Gasteiger partial charge in [-0.25, -0.2) is 14.6 Å². The number of nitrogens with one attached hydrogen (secondary N) is 1. The van der Waals surface area contributed by atoms with E-state index in [1.807, 2.05) is 23.1 Å². The van der Waals surface area contributed by atoms with Crippen molar-refractivity contribution in [3.8, 4) is 5.88 Å². The molecule has 0 atom stereocenters. The van der Waals surface area contributed by atoms with Gasteiger partial charge in [-0.3, -0.25) is 9.69 Å². The number of carboxylic acid groups (broad SMARTS) is 1. The summed E-state index contributed by atoms with van der Waals surface area (Å²) in [5.74, 6) is -2.97. The van der Waals surface area contributed by atoms with Crippen molar-refractivity contribution in [1.82, 2.24) is 10.3 Å². The van der Waals surface area contributed by atoms with E-state index < -0.39 is 18.1 Å². The molecule has 1 aromatic carbocycles. The summed E-state index contributed by atoms with van der Waals surface area (Å²) in [6, 6.07) is 11.6. The summed E-state index contributed by atoms with van der Waals surface area (Å²) < 4.78 is 37.6. The Labute approximate surface area is 204 Å². The molecule has 2 aliphatic carbocycles. The average molecular weight is 506 g/mol. The number of aliphatic carboxylic acids is 1. The van der Waals surface area contributed by atoms with Gasteiger partial charge in [-0.15, -0.1) is 0 Å². The molecule has 1 spiro atoms. The Hall–Kier alpha value is -3.83. The number of urea groups is 1. The zero-order valence-corrected chi connectivity index (χ0v) is 19.1. The van der Waals surface area contributed by atoms with Crippen molar-refractivity contribution in [2.45, 2.75) is 50.4 Å². The second-order valence-electron chi connectivity index (χ2n) is 9.26. The maximum atomic E-state index is 12.7. The molecule has 2 saturated carbocycles. The highest BCUT2D eigenvalue weighted by atomic mass is 19.4. The second kappa shape index (κ2) is 9.67. The summed E-state index contributed by atoms with van der Waals surface area (Å²) in [5, 5.41) is 10.3. The number of halogens is 3. The van der Waals surface area contributed by atoms with E-state index in [-0.39, 0.29) is 23.6 Å². The lowest BCUT2D eigenvalue weighted by Crippen LogP contribution is -2.60. The first-order valence-corrected chi connectivity index (χ1v) is 11.3. The predicted molar refractivity (Wildman–Crippen MR) is 122 cm³/mol. The van der Waals surface area contributed by atoms with E-state index in [9.17, 15) is 22.8 Å². The quantitative estimate of drug-likeness (QED) is 0.583. The molecular formula is C24H25F3N4O5.